The smallest absolute Gasteiger partial charge is 0.480 e. The van der Waals surface area contributed by atoms with E-state index in [9.17, 15) is 22.8 Å². The number of urea groups is 1. The fourth-order valence-corrected chi connectivity index (χ4v) is 1.29. The first-order valence-electron chi connectivity index (χ1n) is 5.18. The maximum Gasteiger partial charge on any atom is 0.488 e. The molecule has 0 saturated heterocycles. The number of alkyl halides is 3. The van der Waals surface area contributed by atoms with Gasteiger partial charge in [-0.3, -0.25) is 4.79 Å². The number of hydrogen-bond acceptors (Lipinski definition) is 2. The second kappa shape index (κ2) is 6.07. The third-order valence-electron chi connectivity index (χ3n) is 2.13. The summed E-state index contributed by atoms with van der Waals surface area (Å²) in [6.45, 7) is -1.56. The van der Waals surface area contributed by atoms with Crippen molar-refractivity contribution >= 4 is 12.0 Å². The van der Waals surface area contributed by atoms with Crippen LogP contribution in [0.4, 0.5) is 18.0 Å². The number of nitrogens with zero attached hydrogens (tertiary/aromatic N) is 1. The summed E-state index contributed by atoms with van der Waals surface area (Å²) in [7, 11) is 0. The number of carboxylic acid groups (broad SMARTS) is 1. The van der Waals surface area contributed by atoms with Crippen LogP contribution in [0.25, 0.3) is 0 Å². The van der Waals surface area contributed by atoms with Crippen molar-refractivity contribution in [2.75, 3.05) is 6.54 Å². The van der Waals surface area contributed by atoms with Crippen molar-refractivity contribution in [1.29, 1.82) is 0 Å². The van der Waals surface area contributed by atoms with Crippen molar-refractivity contribution in [1.82, 2.24) is 10.2 Å². The average Bonchev–Trinajstić information content (AvgIpc) is 2.33. The first-order chi connectivity index (χ1) is 8.80. The lowest BCUT2D eigenvalue weighted by molar-refractivity contribution is -0.227. The van der Waals surface area contributed by atoms with E-state index in [2.05, 4.69) is 0 Å². The maximum absolute atomic E-state index is 12.7. The van der Waals surface area contributed by atoms with Gasteiger partial charge in [0.25, 0.3) is 0 Å². The Morgan fingerprint density at radius 3 is 2.26 bits per heavy atom. The highest BCUT2D eigenvalue weighted by atomic mass is 19.4. The molecule has 0 spiro atoms. The molecule has 2 N–H and O–H groups in total. The standard InChI is InChI=1S/C11H11F3N2O3/c12-11(13,14)16(10(19)15-6-9(17)18)7-8-4-2-1-3-5-8/h1-5H,6-7H2,(H,15,19)(H,17,18). The van der Waals surface area contributed by atoms with Crippen molar-refractivity contribution in [3.8, 4) is 0 Å². The second-order valence-corrected chi connectivity index (χ2v) is 3.59. The molecule has 0 heterocycles. The van der Waals surface area contributed by atoms with Crippen LogP contribution in [0, 0.1) is 0 Å². The predicted molar refractivity (Wildman–Crippen MR) is 59.1 cm³/mol. The highest BCUT2D eigenvalue weighted by Gasteiger charge is 2.41. The number of hydrogen-bond donors (Lipinski definition) is 2. The van der Waals surface area contributed by atoms with Crippen LogP contribution in [0.15, 0.2) is 30.3 Å². The molecule has 19 heavy (non-hydrogen) atoms. The largest absolute Gasteiger partial charge is 0.488 e. The van der Waals surface area contributed by atoms with Gasteiger partial charge in [0.15, 0.2) is 0 Å². The van der Waals surface area contributed by atoms with Gasteiger partial charge in [-0.2, -0.15) is 0 Å². The Morgan fingerprint density at radius 1 is 1.21 bits per heavy atom. The van der Waals surface area contributed by atoms with Gasteiger partial charge in [-0.15, -0.1) is 13.2 Å². The van der Waals surface area contributed by atoms with Crippen LogP contribution in [0.2, 0.25) is 0 Å². The van der Waals surface area contributed by atoms with E-state index in [1.54, 1.807) is 23.5 Å². The third-order valence-corrected chi connectivity index (χ3v) is 2.13. The first-order valence-corrected chi connectivity index (χ1v) is 5.18. The van der Waals surface area contributed by atoms with Gasteiger partial charge in [-0.25, -0.2) is 9.69 Å². The van der Waals surface area contributed by atoms with Gasteiger partial charge in [0.1, 0.15) is 6.54 Å². The van der Waals surface area contributed by atoms with Crippen LogP contribution in [-0.2, 0) is 11.3 Å². The molecule has 1 aromatic rings. The van der Waals surface area contributed by atoms with E-state index in [1.807, 2.05) is 0 Å². The summed E-state index contributed by atoms with van der Waals surface area (Å²) in [6, 6.07) is 6.08. The molecule has 5 nitrogen and oxygen atoms in total. The van der Waals surface area contributed by atoms with Gasteiger partial charge < -0.3 is 10.4 Å². The van der Waals surface area contributed by atoms with Gasteiger partial charge in [0.2, 0.25) is 0 Å². The lowest BCUT2D eigenvalue weighted by atomic mass is 10.2. The molecule has 0 aliphatic rings. The van der Waals surface area contributed by atoms with E-state index in [1.165, 1.54) is 12.1 Å². The molecule has 0 atom stereocenters. The van der Waals surface area contributed by atoms with E-state index in [0.29, 0.717) is 0 Å². The van der Waals surface area contributed by atoms with Gasteiger partial charge >= 0.3 is 18.3 Å². The number of rotatable bonds is 4. The normalized spacial score (nSPS) is 10.9. The molecule has 8 heteroatoms. The Kier molecular flexibility index (Phi) is 4.74. The highest BCUT2D eigenvalue weighted by molar-refractivity contribution is 5.80. The number of carbonyl (C=O) groups excluding carboxylic acids is 1. The topological polar surface area (TPSA) is 69.6 Å². The zero-order chi connectivity index (χ0) is 14.5. The number of halogens is 3. The Labute approximate surface area is 106 Å². The number of benzene rings is 1. The fourth-order valence-electron chi connectivity index (χ4n) is 1.29. The van der Waals surface area contributed by atoms with Crippen LogP contribution in [0.5, 0.6) is 0 Å². The van der Waals surface area contributed by atoms with E-state index < -0.39 is 31.4 Å². The lowest BCUT2D eigenvalue weighted by Crippen LogP contribution is -2.48. The maximum atomic E-state index is 12.7. The van der Waals surface area contributed by atoms with Crippen molar-refractivity contribution in [3.63, 3.8) is 0 Å². The van der Waals surface area contributed by atoms with Crippen LogP contribution in [-0.4, -0.2) is 34.9 Å². The van der Waals surface area contributed by atoms with E-state index >= 15 is 0 Å². The van der Waals surface area contributed by atoms with Gasteiger partial charge in [-0.05, 0) is 5.56 Å². The van der Waals surface area contributed by atoms with Gasteiger partial charge in [0, 0.05) is 0 Å². The molecule has 104 valence electrons. The number of amides is 2. The summed E-state index contributed by atoms with van der Waals surface area (Å²) in [5.41, 5.74) is 0.283. The molecular formula is C11H11F3N2O3. The van der Waals surface area contributed by atoms with Crippen LogP contribution in [0.3, 0.4) is 0 Å². The minimum Gasteiger partial charge on any atom is -0.480 e. The molecule has 0 radical (unpaired) electrons. The Balaban J connectivity index is 2.78. The SMILES string of the molecule is O=C(O)CNC(=O)N(Cc1ccccc1)C(F)(F)F. The molecule has 0 aliphatic carbocycles. The Morgan fingerprint density at radius 2 is 1.79 bits per heavy atom. The summed E-state index contributed by atoms with van der Waals surface area (Å²) >= 11 is 0. The summed E-state index contributed by atoms with van der Waals surface area (Å²) < 4.78 is 38.1. The summed E-state index contributed by atoms with van der Waals surface area (Å²) in [6.07, 6.45) is -4.89. The molecule has 1 rings (SSSR count). The van der Waals surface area contributed by atoms with Crippen molar-refractivity contribution in [3.05, 3.63) is 35.9 Å². The molecule has 1 aromatic carbocycles. The highest BCUT2D eigenvalue weighted by Crippen LogP contribution is 2.23. The lowest BCUT2D eigenvalue weighted by Gasteiger charge is -2.24. The number of nitrogens with one attached hydrogen (secondary N) is 1. The molecule has 0 aromatic heterocycles. The van der Waals surface area contributed by atoms with Crippen molar-refractivity contribution < 1.29 is 27.9 Å². The van der Waals surface area contributed by atoms with Crippen molar-refractivity contribution in [2.45, 2.75) is 12.8 Å². The van der Waals surface area contributed by atoms with Gasteiger partial charge in [0.05, 0.1) is 6.54 Å². The number of aliphatic carboxylic acids is 1. The Bertz CT molecular complexity index is 448. The minimum atomic E-state index is -4.89. The van der Waals surface area contributed by atoms with Crippen LogP contribution in [0.1, 0.15) is 5.56 Å². The quantitative estimate of drug-likeness (QED) is 0.824. The Hall–Kier alpha value is -2.25. The molecule has 0 unspecified atom stereocenters. The monoisotopic (exact) mass is 276 g/mol. The fraction of sp³-hybridized carbons (Fsp3) is 0.273. The molecular weight excluding hydrogens is 265 g/mol. The third kappa shape index (κ3) is 4.86. The molecule has 0 fully saturated rings. The van der Waals surface area contributed by atoms with Crippen molar-refractivity contribution in [2.24, 2.45) is 0 Å². The van der Waals surface area contributed by atoms with Crippen LogP contribution >= 0.6 is 0 Å². The van der Waals surface area contributed by atoms with Gasteiger partial charge in [-0.1, -0.05) is 30.3 Å². The molecule has 2 amide bonds. The van der Waals surface area contributed by atoms with Crippen LogP contribution < -0.4 is 5.32 Å². The van der Waals surface area contributed by atoms with E-state index in [-0.39, 0.29) is 10.5 Å². The number of carbonyl (C=O) groups is 2. The molecule has 0 saturated carbocycles. The molecule has 0 aliphatic heterocycles. The second-order valence-electron chi connectivity index (χ2n) is 3.59. The zero-order valence-corrected chi connectivity index (χ0v) is 9.65. The summed E-state index contributed by atoms with van der Waals surface area (Å²) in [5, 5.41) is 10.00. The van der Waals surface area contributed by atoms with E-state index in [0.717, 1.165) is 0 Å². The minimum absolute atomic E-state index is 0.283. The summed E-state index contributed by atoms with van der Waals surface area (Å²) in [4.78, 5) is 21.2. The van der Waals surface area contributed by atoms with E-state index in [4.69, 9.17) is 5.11 Å². The predicted octanol–water partition coefficient (Wildman–Crippen LogP) is 1.80. The first kappa shape index (κ1) is 14.8. The average molecular weight is 276 g/mol. The number of carboxylic acids is 1. The summed E-state index contributed by atoms with van der Waals surface area (Å²) in [5.74, 6) is -1.42. The molecule has 0 bridgehead atoms. The zero-order valence-electron chi connectivity index (χ0n) is 9.65.